The monoisotopic (exact) mass is 284 g/mol. The van der Waals surface area contributed by atoms with Crippen molar-refractivity contribution >= 4 is 17.7 Å². The van der Waals surface area contributed by atoms with Gasteiger partial charge in [0.25, 0.3) is 5.56 Å². The summed E-state index contributed by atoms with van der Waals surface area (Å²) >= 11 is 1.30. The van der Waals surface area contributed by atoms with Crippen LogP contribution in [0, 0.1) is 0 Å². The van der Waals surface area contributed by atoms with Crippen molar-refractivity contribution in [2.75, 3.05) is 7.11 Å². The number of aromatic nitrogens is 2. The third-order valence-electron chi connectivity index (χ3n) is 2.53. The molecule has 1 atom stereocenters. The van der Waals surface area contributed by atoms with E-state index in [1.807, 2.05) is 27.7 Å². The molecule has 106 valence electrons. The average molecular weight is 284 g/mol. The molecule has 0 saturated heterocycles. The largest absolute Gasteiger partial charge is 0.469 e. The Morgan fingerprint density at radius 1 is 1.53 bits per heavy atom. The van der Waals surface area contributed by atoms with Gasteiger partial charge in [0.05, 0.1) is 13.5 Å². The first-order chi connectivity index (χ1) is 8.75. The first kappa shape index (κ1) is 15.8. The molecule has 0 aliphatic carbocycles. The zero-order valence-electron chi connectivity index (χ0n) is 12.0. The molecule has 0 bridgehead atoms. The second kappa shape index (κ2) is 6.23. The van der Waals surface area contributed by atoms with Crippen LogP contribution in [0.15, 0.2) is 22.2 Å². The Labute approximate surface area is 117 Å². The van der Waals surface area contributed by atoms with Gasteiger partial charge in [-0.05, 0) is 20.8 Å². The fraction of sp³-hybridized carbons (Fsp3) is 0.615. The predicted octanol–water partition coefficient (Wildman–Crippen LogP) is 2.04. The lowest BCUT2D eigenvalue weighted by Crippen LogP contribution is -2.34. The molecule has 0 fully saturated rings. The minimum absolute atomic E-state index is 0.0523. The highest BCUT2D eigenvalue weighted by atomic mass is 32.2. The van der Waals surface area contributed by atoms with Gasteiger partial charge in [0.1, 0.15) is 0 Å². The maximum Gasteiger partial charge on any atom is 0.306 e. The molecule has 1 heterocycles. The molecule has 1 aromatic heterocycles. The van der Waals surface area contributed by atoms with Crippen molar-refractivity contribution in [2.45, 2.75) is 49.9 Å². The quantitative estimate of drug-likeness (QED) is 0.625. The van der Waals surface area contributed by atoms with E-state index in [-0.39, 0.29) is 28.7 Å². The molecule has 0 N–H and O–H groups in total. The first-order valence-corrected chi connectivity index (χ1v) is 6.95. The number of carbonyl (C=O) groups is 1. The number of hydrogen-bond acceptors (Lipinski definition) is 5. The predicted molar refractivity (Wildman–Crippen MR) is 75.4 cm³/mol. The standard InChI is InChI=1S/C13H20N2O3S/c1-9(8-10(16)18-5)19-11-12(17)15(7-6-14-11)13(2,3)4/h6-7,9H,8H2,1-5H3. The van der Waals surface area contributed by atoms with Gasteiger partial charge in [0.15, 0.2) is 5.03 Å². The van der Waals surface area contributed by atoms with Crippen LogP contribution in [0.25, 0.3) is 0 Å². The van der Waals surface area contributed by atoms with Crippen LogP contribution >= 0.6 is 11.8 Å². The fourth-order valence-corrected chi connectivity index (χ4v) is 2.47. The smallest absolute Gasteiger partial charge is 0.306 e. The number of carbonyl (C=O) groups excluding carboxylic acids is 1. The summed E-state index contributed by atoms with van der Waals surface area (Å²) in [5.41, 5.74) is -0.419. The zero-order chi connectivity index (χ0) is 14.6. The summed E-state index contributed by atoms with van der Waals surface area (Å²) in [6.45, 7) is 7.75. The van der Waals surface area contributed by atoms with E-state index in [1.165, 1.54) is 18.9 Å². The molecule has 0 aromatic carbocycles. The highest BCUT2D eigenvalue weighted by molar-refractivity contribution is 7.99. The van der Waals surface area contributed by atoms with Gasteiger partial charge in [-0.25, -0.2) is 4.98 Å². The highest BCUT2D eigenvalue weighted by Crippen LogP contribution is 2.21. The van der Waals surface area contributed by atoms with Gasteiger partial charge in [0, 0.05) is 23.2 Å². The normalized spacial score (nSPS) is 13.1. The summed E-state index contributed by atoms with van der Waals surface area (Å²) in [6, 6.07) is 0. The van der Waals surface area contributed by atoms with Gasteiger partial charge < -0.3 is 9.30 Å². The number of nitrogens with zero attached hydrogens (tertiary/aromatic N) is 2. The molecule has 0 aliphatic heterocycles. The molecule has 19 heavy (non-hydrogen) atoms. The van der Waals surface area contributed by atoms with Crippen LogP contribution in [-0.4, -0.2) is 27.9 Å². The third-order valence-corrected chi connectivity index (χ3v) is 3.60. The summed E-state index contributed by atoms with van der Waals surface area (Å²) in [7, 11) is 1.35. The molecule has 0 radical (unpaired) electrons. The minimum Gasteiger partial charge on any atom is -0.469 e. The average Bonchev–Trinajstić information content (AvgIpc) is 2.30. The van der Waals surface area contributed by atoms with Crippen molar-refractivity contribution < 1.29 is 9.53 Å². The molecule has 1 rings (SSSR count). The van der Waals surface area contributed by atoms with E-state index in [0.717, 1.165) is 0 Å². The minimum atomic E-state index is -0.291. The van der Waals surface area contributed by atoms with Crippen molar-refractivity contribution in [1.29, 1.82) is 0 Å². The van der Waals surface area contributed by atoms with Gasteiger partial charge in [-0.3, -0.25) is 9.59 Å². The van der Waals surface area contributed by atoms with Crippen LogP contribution in [0.5, 0.6) is 0 Å². The second-order valence-corrected chi connectivity index (χ2v) is 6.71. The second-order valence-electron chi connectivity index (χ2n) is 5.29. The Morgan fingerprint density at radius 3 is 2.68 bits per heavy atom. The van der Waals surface area contributed by atoms with Gasteiger partial charge in [-0.2, -0.15) is 0 Å². The molecule has 5 nitrogen and oxygen atoms in total. The fourth-order valence-electron chi connectivity index (χ4n) is 1.55. The zero-order valence-corrected chi connectivity index (χ0v) is 12.8. The molecule has 1 aromatic rings. The molecular weight excluding hydrogens is 264 g/mol. The lowest BCUT2D eigenvalue weighted by molar-refractivity contribution is -0.140. The van der Waals surface area contributed by atoms with Crippen LogP contribution in [0.1, 0.15) is 34.1 Å². The molecule has 0 spiro atoms. The summed E-state index contributed by atoms with van der Waals surface area (Å²) in [5.74, 6) is -0.285. The summed E-state index contributed by atoms with van der Waals surface area (Å²) in [4.78, 5) is 27.6. The van der Waals surface area contributed by atoms with Gasteiger partial charge in [0.2, 0.25) is 0 Å². The van der Waals surface area contributed by atoms with E-state index >= 15 is 0 Å². The first-order valence-electron chi connectivity index (χ1n) is 6.07. The number of esters is 1. The van der Waals surface area contributed by atoms with E-state index < -0.39 is 0 Å². The van der Waals surface area contributed by atoms with Crippen LogP contribution in [0.2, 0.25) is 0 Å². The van der Waals surface area contributed by atoms with Gasteiger partial charge in [-0.15, -0.1) is 0 Å². The van der Waals surface area contributed by atoms with E-state index in [1.54, 1.807) is 17.0 Å². The van der Waals surface area contributed by atoms with Crippen molar-refractivity contribution in [1.82, 2.24) is 9.55 Å². The highest BCUT2D eigenvalue weighted by Gasteiger charge is 2.19. The number of hydrogen-bond donors (Lipinski definition) is 0. The molecule has 0 saturated carbocycles. The molecule has 0 amide bonds. The van der Waals surface area contributed by atoms with Gasteiger partial charge >= 0.3 is 5.97 Å². The Balaban J connectivity index is 2.92. The Morgan fingerprint density at radius 2 is 2.16 bits per heavy atom. The maximum absolute atomic E-state index is 12.3. The molecule has 0 aliphatic rings. The van der Waals surface area contributed by atoms with Crippen molar-refractivity contribution in [3.05, 3.63) is 22.7 Å². The third kappa shape index (κ3) is 4.38. The molecule has 6 heteroatoms. The number of thioether (sulfide) groups is 1. The number of rotatable bonds is 4. The number of ether oxygens (including phenoxy) is 1. The van der Waals surface area contributed by atoms with Crippen LogP contribution < -0.4 is 5.56 Å². The van der Waals surface area contributed by atoms with E-state index in [9.17, 15) is 9.59 Å². The molecule has 1 unspecified atom stereocenters. The Bertz CT molecular complexity index is 505. The van der Waals surface area contributed by atoms with Crippen LogP contribution in [0.4, 0.5) is 0 Å². The maximum atomic E-state index is 12.3. The van der Waals surface area contributed by atoms with Crippen molar-refractivity contribution in [3.8, 4) is 0 Å². The topological polar surface area (TPSA) is 61.2 Å². The summed E-state index contributed by atoms with van der Waals surface area (Å²) in [5, 5.41) is 0.359. The Hall–Kier alpha value is -1.30. The van der Waals surface area contributed by atoms with E-state index in [4.69, 9.17) is 0 Å². The lowest BCUT2D eigenvalue weighted by atomic mass is 10.1. The van der Waals surface area contributed by atoms with Crippen molar-refractivity contribution in [3.63, 3.8) is 0 Å². The van der Waals surface area contributed by atoms with Gasteiger partial charge in [-0.1, -0.05) is 18.7 Å². The Kier molecular flexibility index (Phi) is 5.17. The van der Waals surface area contributed by atoms with Crippen LogP contribution in [0.3, 0.4) is 0 Å². The summed E-state index contributed by atoms with van der Waals surface area (Å²) in [6.07, 6.45) is 3.55. The van der Waals surface area contributed by atoms with E-state index in [2.05, 4.69) is 9.72 Å². The van der Waals surface area contributed by atoms with Crippen molar-refractivity contribution in [2.24, 2.45) is 0 Å². The SMILES string of the molecule is COC(=O)CC(C)Sc1nccn(C(C)(C)C)c1=O. The lowest BCUT2D eigenvalue weighted by Gasteiger charge is -2.22. The van der Waals surface area contributed by atoms with E-state index in [0.29, 0.717) is 5.03 Å². The number of methoxy groups -OCH3 is 1. The van der Waals surface area contributed by atoms with Crippen LogP contribution in [-0.2, 0) is 15.1 Å². The molecular formula is C13H20N2O3S. The summed E-state index contributed by atoms with van der Waals surface area (Å²) < 4.78 is 6.26.